The third-order valence-electron chi connectivity index (χ3n) is 4.79. The molecule has 1 aliphatic rings. The Morgan fingerprint density at radius 3 is 2.45 bits per heavy atom. The van der Waals surface area contributed by atoms with E-state index in [2.05, 4.69) is 36.9 Å². The predicted octanol–water partition coefficient (Wildman–Crippen LogP) is 3.65. The Bertz CT molecular complexity index is 506. The number of fused-ring (bicyclic) bond motifs is 1. The summed E-state index contributed by atoms with van der Waals surface area (Å²) in [6.07, 6.45) is 5.98. The Hall–Kier alpha value is -1.35. The molecule has 1 aromatic rings. The van der Waals surface area contributed by atoms with E-state index in [9.17, 15) is 4.79 Å². The second-order valence-corrected chi connectivity index (χ2v) is 6.46. The molecule has 0 aromatic heterocycles. The highest BCUT2D eigenvalue weighted by molar-refractivity contribution is 5.90. The van der Waals surface area contributed by atoms with E-state index in [0.29, 0.717) is 6.04 Å². The van der Waals surface area contributed by atoms with E-state index in [0.717, 1.165) is 18.5 Å². The predicted molar refractivity (Wildman–Crippen MR) is 93.5 cm³/mol. The molecule has 3 nitrogen and oxygen atoms in total. The van der Waals surface area contributed by atoms with Gasteiger partial charge in [0.1, 0.15) is 0 Å². The molecule has 1 amide bonds. The van der Waals surface area contributed by atoms with Crippen LogP contribution in [0.1, 0.15) is 51.2 Å². The second kappa shape index (κ2) is 7.77. The van der Waals surface area contributed by atoms with Crippen LogP contribution in [0, 0.1) is 0 Å². The summed E-state index contributed by atoms with van der Waals surface area (Å²) in [6.45, 7) is 8.53. The molecule has 0 N–H and O–H groups in total. The normalized spacial score (nSPS) is 17.4. The minimum atomic E-state index is 0.0888. The number of carbonyl (C=O) groups is 1. The van der Waals surface area contributed by atoms with Crippen LogP contribution >= 0.6 is 0 Å². The average molecular weight is 302 g/mol. The van der Waals surface area contributed by atoms with E-state index in [4.69, 9.17) is 0 Å². The van der Waals surface area contributed by atoms with E-state index in [-0.39, 0.29) is 5.91 Å². The maximum atomic E-state index is 11.6. The first-order valence-corrected chi connectivity index (χ1v) is 8.67. The molecule has 0 heterocycles. The molecule has 122 valence electrons. The summed E-state index contributed by atoms with van der Waals surface area (Å²) < 4.78 is 0. The molecular formula is C19H30N2O. The molecule has 2 rings (SSSR count). The van der Waals surface area contributed by atoms with Crippen LogP contribution in [0.3, 0.4) is 0 Å². The van der Waals surface area contributed by atoms with Crippen molar-refractivity contribution >= 4 is 11.6 Å². The summed E-state index contributed by atoms with van der Waals surface area (Å²) in [7, 11) is 1.85. The highest BCUT2D eigenvalue weighted by atomic mass is 16.2. The number of aryl methyl sites for hydroxylation is 1. The number of carbonyl (C=O) groups excluding carboxylic acids is 1. The van der Waals surface area contributed by atoms with E-state index in [1.54, 1.807) is 11.8 Å². The van der Waals surface area contributed by atoms with Gasteiger partial charge in [-0.1, -0.05) is 19.9 Å². The summed E-state index contributed by atoms with van der Waals surface area (Å²) >= 11 is 0. The van der Waals surface area contributed by atoms with E-state index < -0.39 is 0 Å². The SMILES string of the molecule is CCCN(CCC)C1CCc2ccc(N(C)C(C)=O)cc2C1. The summed E-state index contributed by atoms with van der Waals surface area (Å²) in [4.78, 5) is 16.0. The fraction of sp³-hybridized carbons (Fsp3) is 0.632. The average Bonchev–Trinajstić information content (AvgIpc) is 2.52. The fourth-order valence-electron chi connectivity index (χ4n) is 3.48. The standard InChI is InChI=1S/C19H30N2O/c1-5-11-21(12-6-2)19-10-8-16-7-9-18(13-17(16)14-19)20(4)15(3)22/h7,9,13,19H,5-6,8,10-12,14H2,1-4H3. The van der Waals surface area contributed by atoms with Crippen molar-refractivity contribution in [3.8, 4) is 0 Å². The summed E-state index contributed by atoms with van der Waals surface area (Å²) in [5.74, 6) is 0.0888. The van der Waals surface area contributed by atoms with Crippen molar-refractivity contribution in [3.05, 3.63) is 29.3 Å². The first kappa shape index (κ1) is 17.0. The first-order chi connectivity index (χ1) is 10.6. The Kier molecular flexibility index (Phi) is 6.01. The fourth-order valence-corrected chi connectivity index (χ4v) is 3.48. The number of hydrogen-bond acceptors (Lipinski definition) is 2. The largest absolute Gasteiger partial charge is 0.316 e. The quantitative estimate of drug-likeness (QED) is 0.801. The molecule has 1 unspecified atom stereocenters. The van der Waals surface area contributed by atoms with Gasteiger partial charge in [-0.25, -0.2) is 0 Å². The van der Waals surface area contributed by atoms with Crippen molar-refractivity contribution in [1.29, 1.82) is 0 Å². The zero-order chi connectivity index (χ0) is 16.1. The zero-order valence-corrected chi connectivity index (χ0v) is 14.6. The molecule has 0 saturated carbocycles. The molecule has 3 heteroatoms. The maximum Gasteiger partial charge on any atom is 0.223 e. The van der Waals surface area contributed by atoms with Crippen LogP contribution in [-0.4, -0.2) is 37.0 Å². The lowest BCUT2D eigenvalue weighted by molar-refractivity contribution is -0.116. The molecule has 22 heavy (non-hydrogen) atoms. The van der Waals surface area contributed by atoms with Crippen LogP contribution in [0.15, 0.2) is 18.2 Å². The first-order valence-electron chi connectivity index (χ1n) is 8.67. The van der Waals surface area contributed by atoms with Gasteiger partial charge in [0.25, 0.3) is 0 Å². The number of amides is 1. The Balaban J connectivity index is 2.17. The smallest absolute Gasteiger partial charge is 0.223 e. The van der Waals surface area contributed by atoms with Gasteiger partial charge in [-0.05, 0) is 68.5 Å². The van der Waals surface area contributed by atoms with Crippen molar-refractivity contribution in [2.75, 3.05) is 25.0 Å². The van der Waals surface area contributed by atoms with Crippen molar-refractivity contribution in [1.82, 2.24) is 4.90 Å². The van der Waals surface area contributed by atoms with Gasteiger partial charge in [-0.3, -0.25) is 4.79 Å². The van der Waals surface area contributed by atoms with Crippen molar-refractivity contribution < 1.29 is 4.79 Å². The van der Waals surface area contributed by atoms with Crippen LogP contribution in [-0.2, 0) is 17.6 Å². The molecule has 0 aliphatic heterocycles. The van der Waals surface area contributed by atoms with Gasteiger partial charge in [-0.2, -0.15) is 0 Å². The summed E-state index contributed by atoms with van der Waals surface area (Å²) in [5, 5.41) is 0. The van der Waals surface area contributed by atoms with Gasteiger partial charge < -0.3 is 9.80 Å². The van der Waals surface area contributed by atoms with Crippen LogP contribution in [0.4, 0.5) is 5.69 Å². The Morgan fingerprint density at radius 2 is 1.86 bits per heavy atom. The Labute approximate surface area is 135 Å². The van der Waals surface area contributed by atoms with Crippen molar-refractivity contribution in [2.24, 2.45) is 0 Å². The molecular weight excluding hydrogens is 272 g/mol. The second-order valence-electron chi connectivity index (χ2n) is 6.46. The molecule has 1 aromatic carbocycles. The third-order valence-corrected chi connectivity index (χ3v) is 4.79. The molecule has 0 spiro atoms. The third kappa shape index (κ3) is 3.89. The molecule has 0 bridgehead atoms. The molecule has 1 atom stereocenters. The molecule has 0 radical (unpaired) electrons. The summed E-state index contributed by atoms with van der Waals surface area (Å²) in [6, 6.07) is 7.17. The minimum Gasteiger partial charge on any atom is -0.316 e. The maximum absolute atomic E-state index is 11.6. The summed E-state index contributed by atoms with van der Waals surface area (Å²) in [5.41, 5.74) is 3.91. The van der Waals surface area contributed by atoms with Gasteiger partial charge in [0, 0.05) is 25.7 Å². The van der Waals surface area contributed by atoms with Gasteiger partial charge in [-0.15, -0.1) is 0 Å². The number of anilines is 1. The highest BCUT2D eigenvalue weighted by Crippen LogP contribution is 2.28. The van der Waals surface area contributed by atoms with Gasteiger partial charge >= 0.3 is 0 Å². The lowest BCUT2D eigenvalue weighted by Crippen LogP contribution is -2.40. The van der Waals surface area contributed by atoms with Crippen molar-refractivity contribution in [2.45, 2.75) is 58.9 Å². The zero-order valence-electron chi connectivity index (χ0n) is 14.6. The minimum absolute atomic E-state index is 0.0888. The molecule has 0 saturated heterocycles. The van der Waals surface area contributed by atoms with Crippen LogP contribution < -0.4 is 4.90 Å². The van der Waals surface area contributed by atoms with E-state index in [1.807, 2.05) is 7.05 Å². The van der Waals surface area contributed by atoms with Crippen molar-refractivity contribution in [3.63, 3.8) is 0 Å². The topological polar surface area (TPSA) is 23.6 Å². The van der Waals surface area contributed by atoms with Gasteiger partial charge in [0.05, 0.1) is 0 Å². The van der Waals surface area contributed by atoms with Gasteiger partial charge in [0.15, 0.2) is 0 Å². The van der Waals surface area contributed by atoms with Crippen LogP contribution in [0.25, 0.3) is 0 Å². The van der Waals surface area contributed by atoms with E-state index >= 15 is 0 Å². The van der Waals surface area contributed by atoms with E-state index in [1.165, 1.54) is 43.5 Å². The molecule has 0 fully saturated rings. The number of rotatable bonds is 6. The number of hydrogen-bond donors (Lipinski definition) is 0. The number of benzene rings is 1. The number of nitrogens with zero attached hydrogens (tertiary/aromatic N) is 2. The lowest BCUT2D eigenvalue weighted by atomic mass is 9.87. The Morgan fingerprint density at radius 1 is 1.18 bits per heavy atom. The van der Waals surface area contributed by atoms with Crippen LogP contribution in [0.5, 0.6) is 0 Å². The highest BCUT2D eigenvalue weighted by Gasteiger charge is 2.24. The lowest BCUT2D eigenvalue weighted by Gasteiger charge is -2.35. The monoisotopic (exact) mass is 302 g/mol. The van der Waals surface area contributed by atoms with Gasteiger partial charge in [0.2, 0.25) is 5.91 Å². The van der Waals surface area contributed by atoms with Crippen LogP contribution in [0.2, 0.25) is 0 Å². The molecule has 1 aliphatic carbocycles.